The van der Waals surface area contributed by atoms with E-state index in [1.807, 2.05) is 32.6 Å². The fraction of sp³-hybridized carbons (Fsp3) is 0.850. The summed E-state index contributed by atoms with van der Waals surface area (Å²) in [5, 5.41) is 6.22. The second-order valence-electron chi connectivity index (χ2n) is 8.17. The Morgan fingerprint density at radius 1 is 0.931 bits per heavy atom. The Labute approximate surface area is 174 Å². The molecule has 2 aliphatic heterocycles. The van der Waals surface area contributed by atoms with E-state index < -0.39 is 5.41 Å². The third-order valence-corrected chi connectivity index (χ3v) is 5.31. The fourth-order valence-corrected chi connectivity index (χ4v) is 3.39. The summed E-state index contributed by atoms with van der Waals surface area (Å²) in [5.41, 5.74) is -0.553. The molecule has 2 amide bonds. The molecule has 0 aromatic carbocycles. The first-order chi connectivity index (χ1) is 13.9. The molecule has 0 aromatic rings. The summed E-state index contributed by atoms with van der Waals surface area (Å²) in [6, 6.07) is 0. The molecule has 0 saturated carbocycles. The fourth-order valence-electron chi connectivity index (χ4n) is 3.39. The molecule has 9 nitrogen and oxygen atoms in total. The van der Waals surface area contributed by atoms with Crippen molar-refractivity contribution in [3.8, 4) is 0 Å². The van der Waals surface area contributed by atoms with Crippen LogP contribution in [0.4, 0.5) is 0 Å². The normalized spacial score (nSPS) is 19.2. The molecule has 0 aromatic heterocycles. The number of piperazine rings is 1. The molecule has 2 saturated heterocycles. The standard InChI is InChI=1S/C20H38N6O3/c1-5-21-18(28)20(3,4)16-23-19(22-6-2)26-9-7-24(8-10-26)15-17(27)25-11-13-29-14-12-25/h5-16H2,1-4H3,(H,21,28)(H,22,23). The Bertz CT molecular complexity index is 567. The van der Waals surface area contributed by atoms with Crippen molar-refractivity contribution < 1.29 is 14.3 Å². The van der Waals surface area contributed by atoms with Crippen LogP contribution in [0.5, 0.6) is 0 Å². The number of amides is 2. The van der Waals surface area contributed by atoms with Gasteiger partial charge in [-0.05, 0) is 27.7 Å². The summed E-state index contributed by atoms with van der Waals surface area (Å²) in [4.78, 5) is 35.7. The average molecular weight is 411 g/mol. The second-order valence-corrected chi connectivity index (χ2v) is 8.17. The summed E-state index contributed by atoms with van der Waals surface area (Å²) in [6.07, 6.45) is 0. The molecule has 0 atom stereocenters. The second kappa shape index (κ2) is 11.3. The molecule has 2 heterocycles. The number of morpholine rings is 1. The Kier molecular flexibility index (Phi) is 9.16. The lowest BCUT2D eigenvalue weighted by Gasteiger charge is -2.37. The van der Waals surface area contributed by atoms with Gasteiger partial charge in [-0.3, -0.25) is 19.5 Å². The number of hydrogen-bond acceptors (Lipinski definition) is 5. The minimum absolute atomic E-state index is 0.0195. The molecule has 0 radical (unpaired) electrons. The number of nitrogens with one attached hydrogen (secondary N) is 2. The first-order valence-corrected chi connectivity index (χ1v) is 10.8. The lowest BCUT2D eigenvalue weighted by atomic mass is 9.92. The Balaban J connectivity index is 1.86. The van der Waals surface area contributed by atoms with Gasteiger partial charge in [0, 0.05) is 52.4 Å². The van der Waals surface area contributed by atoms with E-state index in [2.05, 4.69) is 20.4 Å². The van der Waals surface area contributed by atoms with Crippen molar-refractivity contribution in [1.82, 2.24) is 25.3 Å². The van der Waals surface area contributed by atoms with Gasteiger partial charge in [0.15, 0.2) is 5.96 Å². The van der Waals surface area contributed by atoms with Gasteiger partial charge in [0.2, 0.25) is 11.8 Å². The SMILES string of the molecule is CCNC(=O)C(C)(C)CN=C(NCC)N1CCN(CC(=O)N2CCOCC2)CC1. The summed E-state index contributed by atoms with van der Waals surface area (Å²) < 4.78 is 5.32. The minimum Gasteiger partial charge on any atom is -0.378 e. The molecule has 2 rings (SSSR count). The molecular weight excluding hydrogens is 372 g/mol. The molecule has 2 aliphatic rings. The van der Waals surface area contributed by atoms with E-state index in [0.29, 0.717) is 45.9 Å². The van der Waals surface area contributed by atoms with Crippen LogP contribution < -0.4 is 10.6 Å². The molecule has 0 unspecified atom stereocenters. The van der Waals surface area contributed by atoms with E-state index in [0.717, 1.165) is 38.7 Å². The van der Waals surface area contributed by atoms with Crippen LogP contribution in [0.3, 0.4) is 0 Å². The van der Waals surface area contributed by atoms with Crippen LogP contribution in [0.1, 0.15) is 27.7 Å². The molecule has 166 valence electrons. The van der Waals surface area contributed by atoms with Crippen LogP contribution in [0.25, 0.3) is 0 Å². The molecule has 9 heteroatoms. The maximum atomic E-state index is 12.5. The highest BCUT2D eigenvalue weighted by atomic mass is 16.5. The predicted molar refractivity (Wildman–Crippen MR) is 114 cm³/mol. The van der Waals surface area contributed by atoms with E-state index in [1.165, 1.54) is 0 Å². The van der Waals surface area contributed by atoms with Gasteiger partial charge in [-0.2, -0.15) is 0 Å². The Morgan fingerprint density at radius 3 is 2.14 bits per heavy atom. The summed E-state index contributed by atoms with van der Waals surface area (Å²) in [7, 11) is 0. The van der Waals surface area contributed by atoms with Gasteiger partial charge in [0.1, 0.15) is 0 Å². The summed E-state index contributed by atoms with van der Waals surface area (Å²) >= 11 is 0. The maximum absolute atomic E-state index is 12.5. The van der Waals surface area contributed by atoms with Crippen molar-refractivity contribution >= 4 is 17.8 Å². The monoisotopic (exact) mass is 410 g/mol. The first kappa shape index (κ1) is 23.4. The quantitative estimate of drug-likeness (QED) is 0.438. The molecule has 0 spiro atoms. The largest absolute Gasteiger partial charge is 0.378 e. The van der Waals surface area contributed by atoms with Gasteiger partial charge in [-0.15, -0.1) is 0 Å². The molecule has 29 heavy (non-hydrogen) atoms. The van der Waals surface area contributed by atoms with Gasteiger partial charge < -0.3 is 25.2 Å². The van der Waals surface area contributed by atoms with Gasteiger partial charge >= 0.3 is 0 Å². The third kappa shape index (κ3) is 7.15. The van der Waals surface area contributed by atoms with Gasteiger partial charge in [-0.1, -0.05) is 0 Å². The number of guanidine groups is 1. The van der Waals surface area contributed by atoms with Crippen molar-refractivity contribution in [3.05, 3.63) is 0 Å². The van der Waals surface area contributed by atoms with Crippen molar-refractivity contribution in [2.75, 3.05) is 78.7 Å². The highest BCUT2D eigenvalue weighted by Gasteiger charge is 2.28. The first-order valence-electron chi connectivity index (χ1n) is 10.8. The van der Waals surface area contributed by atoms with Crippen molar-refractivity contribution in [1.29, 1.82) is 0 Å². The van der Waals surface area contributed by atoms with E-state index >= 15 is 0 Å². The number of hydrogen-bond donors (Lipinski definition) is 2. The third-order valence-electron chi connectivity index (χ3n) is 5.31. The van der Waals surface area contributed by atoms with Crippen LogP contribution in [0, 0.1) is 5.41 Å². The predicted octanol–water partition coefficient (Wildman–Crippen LogP) is -0.409. The number of rotatable bonds is 7. The molecule has 2 N–H and O–H groups in total. The van der Waals surface area contributed by atoms with Crippen molar-refractivity contribution in [3.63, 3.8) is 0 Å². The van der Waals surface area contributed by atoms with E-state index in [1.54, 1.807) is 0 Å². The zero-order valence-corrected chi connectivity index (χ0v) is 18.5. The molecule has 2 fully saturated rings. The number of ether oxygens (including phenoxy) is 1. The van der Waals surface area contributed by atoms with Crippen LogP contribution in [0.2, 0.25) is 0 Å². The zero-order valence-electron chi connectivity index (χ0n) is 18.5. The molecular formula is C20H38N6O3. The lowest BCUT2D eigenvalue weighted by Crippen LogP contribution is -2.55. The Hall–Kier alpha value is -1.87. The highest BCUT2D eigenvalue weighted by Crippen LogP contribution is 2.16. The number of nitrogens with zero attached hydrogens (tertiary/aromatic N) is 4. The van der Waals surface area contributed by atoms with E-state index in [9.17, 15) is 9.59 Å². The minimum atomic E-state index is -0.553. The van der Waals surface area contributed by atoms with Crippen molar-refractivity contribution in [2.45, 2.75) is 27.7 Å². The van der Waals surface area contributed by atoms with Crippen LogP contribution in [-0.4, -0.2) is 111 Å². The summed E-state index contributed by atoms with van der Waals surface area (Å²) in [5.74, 6) is 1.04. The van der Waals surface area contributed by atoms with Gasteiger partial charge in [0.25, 0.3) is 0 Å². The van der Waals surface area contributed by atoms with Gasteiger partial charge in [0.05, 0.1) is 31.7 Å². The average Bonchev–Trinajstić information content (AvgIpc) is 2.72. The summed E-state index contributed by atoms with van der Waals surface area (Å²) in [6.45, 7) is 16.0. The smallest absolute Gasteiger partial charge is 0.236 e. The number of aliphatic imine (C=N–C) groups is 1. The van der Waals surface area contributed by atoms with Crippen molar-refractivity contribution in [2.24, 2.45) is 10.4 Å². The van der Waals surface area contributed by atoms with E-state index in [-0.39, 0.29) is 11.8 Å². The zero-order chi connectivity index (χ0) is 21.3. The molecule has 0 bridgehead atoms. The number of carbonyl (C=O) groups excluding carboxylic acids is 2. The van der Waals surface area contributed by atoms with E-state index in [4.69, 9.17) is 9.73 Å². The maximum Gasteiger partial charge on any atom is 0.236 e. The van der Waals surface area contributed by atoms with Crippen LogP contribution >= 0.6 is 0 Å². The Morgan fingerprint density at radius 2 is 1.55 bits per heavy atom. The lowest BCUT2D eigenvalue weighted by molar-refractivity contribution is -0.136. The highest BCUT2D eigenvalue weighted by molar-refractivity contribution is 5.84. The number of carbonyl (C=O) groups is 2. The van der Waals surface area contributed by atoms with Gasteiger partial charge in [-0.25, -0.2) is 0 Å². The van der Waals surface area contributed by atoms with Crippen LogP contribution in [0.15, 0.2) is 4.99 Å². The van der Waals surface area contributed by atoms with Crippen LogP contribution in [-0.2, 0) is 14.3 Å². The topological polar surface area (TPSA) is 89.5 Å². The molecule has 0 aliphatic carbocycles.